The van der Waals surface area contributed by atoms with E-state index in [2.05, 4.69) is 0 Å². The Balaban J connectivity index is 2.24. The molecular formula is C13H17NO4S. The van der Waals surface area contributed by atoms with Crippen LogP contribution in [0.15, 0.2) is 29.2 Å². The fourth-order valence-corrected chi connectivity index (χ4v) is 3.75. The monoisotopic (exact) mass is 283 g/mol. The lowest BCUT2D eigenvalue weighted by Gasteiger charge is -2.29. The van der Waals surface area contributed by atoms with Gasteiger partial charge in [-0.2, -0.15) is 4.31 Å². The lowest BCUT2D eigenvalue weighted by atomic mass is 10.0. The summed E-state index contributed by atoms with van der Waals surface area (Å²) in [6.07, 6.45) is 1.12. The van der Waals surface area contributed by atoms with Crippen molar-refractivity contribution in [2.24, 2.45) is 5.92 Å². The number of benzene rings is 1. The minimum atomic E-state index is -3.58. The van der Waals surface area contributed by atoms with Gasteiger partial charge < -0.3 is 5.11 Å². The van der Waals surface area contributed by atoms with Gasteiger partial charge in [0.1, 0.15) is 0 Å². The molecule has 0 spiro atoms. The number of hydrogen-bond acceptors (Lipinski definition) is 3. The molecule has 0 amide bonds. The lowest BCUT2D eigenvalue weighted by molar-refractivity contribution is -0.142. The molecule has 1 heterocycles. The molecule has 0 bridgehead atoms. The molecular weight excluding hydrogens is 266 g/mol. The number of rotatable bonds is 3. The van der Waals surface area contributed by atoms with Crippen molar-refractivity contribution in [3.8, 4) is 0 Å². The Morgan fingerprint density at radius 3 is 2.53 bits per heavy atom. The molecule has 5 nitrogen and oxygen atoms in total. The van der Waals surface area contributed by atoms with Crippen LogP contribution in [0.1, 0.15) is 18.4 Å². The molecule has 1 aromatic rings. The van der Waals surface area contributed by atoms with E-state index in [1.54, 1.807) is 24.3 Å². The minimum Gasteiger partial charge on any atom is -0.481 e. The molecule has 1 aliphatic heterocycles. The van der Waals surface area contributed by atoms with Crippen LogP contribution in [0.4, 0.5) is 0 Å². The summed E-state index contributed by atoms with van der Waals surface area (Å²) in [5.41, 5.74) is 0.987. The first-order chi connectivity index (χ1) is 8.91. The second kappa shape index (κ2) is 5.30. The first-order valence-electron chi connectivity index (χ1n) is 6.21. The molecule has 1 atom stereocenters. The average Bonchev–Trinajstić information content (AvgIpc) is 2.39. The van der Waals surface area contributed by atoms with E-state index in [9.17, 15) is 13.2 Å². The van der Waals surface area contributed by atoms with E-state index in [0.29, 0.717) is 19.4 Å². The van der Waals surface area contributed by atoms with Crippen LogP contribution in [0.3, 0.4) is 0 Å². The van der Waals surface area contributed by atoms with Gasteiger partial charge in [0.25, 0.3) is 0 Å². The van der Waals surface area contributed by atoms with Crippen LogP contribution in [0.25, 0.3) is 0 Å². The molecule has 2 rings (SSSR count). The Kier molecular flexibility index (Phi) is 3.91. The van der Waals surface area contributed by atoms with E-state index < -0.39 is 21.9 Å². The van der Waals surface area contributed by atoms with Crippen LogP contribution in [-0.2, 0) is 14.8 Å². The summed E-state index contributed by atoms with van der Waals surface area (Å²) in [5, 5.41) is 9.01. The van der Waals surface area contributed by atoms with E-state index in [4.69, 9.17) is 5.11 Å². The SMILES string of the molecule is Cc1ccc(S(=O)(=O)N2CCC[C@H](C(=O)O)C2)cc1. The summed E-state index contributed by atoms with van der Waals surface area (Å²) >= 11 is 0. The maximum Gasteiger partial charge on any atom is 0.307 e. The van der Waals surface area contributed by atoms with Gasteiger partial charge in [0.15, 0.2) is 0 Å². The Hall–Kier alpha value is -1.40. The van der Waals surface area contributed by atoms with Crippen LogP contribution < -0.4 is 0 Å². The minimum absolute atomic E-state index is 0.0611. The van der Waals surface area contributed by atoms with Gasteiger partial charge >= 0.3 is 5.97 Å². The van der Waals surface area contributed by atoms with Crippen molar-refractivity contribution in [1.82, 2.24) is 4.31 Å². The molecule has 0 aliphatic carbocycles. The van der Waals surface area contributed by atoms with Gasteiger partial charge in [0.05, 0.1) is 10.8 Å². The largest absolute Gasteiger partial charge is 0.481 e. The predicted octanol–water partition coefficient (Wildman–Crippen LogP) is 1.48. The third-order valence-corrected chi connectivity index (χ3v) is 5.27. The van der Waals surface area contributed by atoms with E-state index in [0.717, 1.165) is 5.56 Å². The summed E-state index contributed by atoms with van der Waals surface area (Å²) in [4.78, 5) is 11.2. The smallest absolute Gasteiger partial charge is 0.307 e. The van der Waals surface area contributed by atoms with Crippen molar-refractivity contribution < 1.29 is 18.3 Å². The van der Waals surface area contributed by atoms with Crippen molar-refractivity contribution in [3.63, 3.8) is 0 Å². The van der Waals surface area contributed by atoms with E-state index in [1.807, 2.05) is 6.92 Å². The van der Waals surface area contributed by atoms with Crippen molar-refractivity contribution in [2.75, 3.05) is 13.1 Å². The summed E-state index contributed by atoms with van der Waals surface area (Å²) in [7, 11) is -3.58. The fraction of sp³-hybridized carbons (Fsp3) is 0.462. The average molecular weight is 283 g/mol. The van der Waals surface area contributed by atoms with Crippen LogP contribution in [0, 0.1) is 12.8 Å². The third-order valence-electron chi connectivity index (χ3n) is 3.39. The summed E-state index contributed by atoms with van der Waals surface area (Å²) < 4.78 is 26.1. The molecule has 0 saturated carbocycles. The molecule has 1 fully saturated rings. The van der Waals surface area contributed by atoms with E-state index in [1.165, 1.54) is 4.31 Å². The Bertz CT molecular complexity index is 565. The molecule has 1 N–H and O–H groups in total. The quantitative estimate of drug-likeness (QED) is 0.911. The van der Waals surface area contributed by atoms with Crippen LogP contribution >= 0.6 is 0 Å². The standard InChI is InChI=1S/C13H17NO4S/c1-10-4-6-12(7-5-10)19(17,18)14-8-2-3-11(9-14)13(15)16/h4-7,11H,2-3,8-9H2,1H3,(H,15,16)/t11-/m0/s1. The zero-order chi connectivity index (χ0) is 14.0. The molecule has 19 heavy (non-hydrogen) atoms. The predicted molar refractivity (Wildman–Crippen MR) is 70.3 cm³/mol. The number of piperidine rings is 1. The Morgan fingerprint density at radius 2 is 1.95 bits per heavy atom. The number of carboxylic acid groups (broad SMARTS) is 1. The highest BCUT2D eigenvalue weighted by Crippen LogP contribution is 2.24. The molecule has 104 valence electrons. The van der Waals surface area contributed by atoms with Crippen molar-refractivity contribution in [1.29, 1.82) is 0 Å². The lowest BCUT2D eigenvalue weighted by Crippen LogP contribution is -2.42. The van der Waals surface area contributed by atoms with Gasteiger partial charge in [0, 0.05) is 13.1 Å². The highest BCUT2D eigenvalue weighted by Gasteiger charge is 2.33. The maximum atomic E-state index is 12.4. The number of aryl methyl sites for hydroxylation is 1. The molecule has 0 radical (unpaired) electrons. The van der Waals surface area contributed by atoms with Crippen molar-refractivity contribution in [3.05, 3.63) is 29.8 Å². The van der Waals surface area contributed by atoms with Crippen LogP contribution in [-0.4, -0.2) is 36.9 Å². The number of aliphatic carboxylic acids is 1. The molecule has 1 aromatic carbocycles. The number of nitrogens with zero attached hydrogens (tertiary/aromatic N) is 1. The molecule has 6 heteroatoms. The first-order valence-corrected chi connectivity index (χ1v) is 7.65. The second-order valence-electron chi connectivity index (χ2n) is 4.85. The fourth-order valence-electron chi connectivity index (χ4n) is 2.22. The van der Waals surface area contributed by atoms with E-state index in [-0.39, 0.29) is 11.4 Å². The van der Waals surface area contributed by atoms with Gasteiger partial charge in [-0.05, 0) is 31.9 Å². The van der Waals surface area contributed by atoms with Gasteiger partial charge in [0.2, 0.25) is 10.0 Å². The van der Waals surface area contributed by atoms with Crippen LogP contribution in [0.5, 0.6) is 0 Å². The zero-order valence-electron chi connectivity index (χ0n) is 10.7. The summed E-state index contributed by atoms with van der Waals surface area (Å²) in [6.45, 7) is 2.34. The van der Waals surface area contributed by atoms with Gasteiger partial charge in [-0.3, -0.25) is 4.79 Å². The number of carbonyl (C=O) groups is 1. The molecule has 1 aliphatic rings. The van der Waals surface area contributed by atoms with Crippen LogP contribution in [0.2, 0.25) is 0 Å². The highest BCUT2D eigenvalue weighted by atomic mass is 32.2. The topological polar surface area (TPSA) is 74.7 Å². The molecule has 1 saturated heterocycles. The van der Waals surface area contributed by atoms with Gasteiger partial charge in [-0.15, -0.1) is 0 Å². The highest BCUT2D eigenvalue weighted by molar-refractivity contribution is 7.89. The molecule has 0 unspecified atom stereocenters. The summed E-state index contributed by atoms with van der Waals surface area (Å²) in [6, 6.07) is 6.61. The summed E-state index contributed by atoms with van der Waals surface area (Å²) in [5.74, 6) is -1.53. The second-order valence-corrected chi connectivity index (χ2v) is 6.79. The Morgan fingerprint density at radius 1 is 1.32 bits per heavy atom. The van der Waals surface area contributed by atoms with Gasteiger partial charge in [-0.25, -0.2) is 8.42 Å². The molecule has 0 aromatic heterocycles. The first kappa shape index (κ1) is 14.0. The van der Waals surface area contributed by atoms with Crippen molar-refractivity contribution in [2.45, 2.75) is 24.7 Å². The normalized spacial score (nSPS) is 21.2. The van der Waals surface area contributed by atoms with Crippen molar-refractivity contribution >= 4 is 16.0 Å². The third kappa shape index (κ3) is 2.96. The zero-order valence-corrected chi connectivity index (χ0v) is 11.6. The number of sulfonamides is 1. The number of carboxylic acids is 1. The Labute approximate surface area is 112 Å². The van der Waals surface area contributed by atoms with E-state index >= 15 is 0 Å². The van der Waals surface area contributed by atoms with Gasteiger partial charge in [-0.1, -0.05) is 17.7 Å². The maximum absolute atomic E-state index is 12.4. The number of hydrogen-bond donors (Lipinski definition) is 1.